The van der Waals surface area contributed by atoms with E-state index < -0.39 is 0 Å². The van der Waals surface area contributed by atoms with Crippen molar-refractivity contribution in [1.29, 1.82) is 0 Å². The molecule has 1 amide bonds. The minimum atomic E-state index is -0.141. The van der Waals surface area contributed by atoms with E-state index in [-0.39, 0.29) is 11.7 Å². The molecule has 0 aromatic carbocycles. The highest BCUT2D eigenvalue weighted by Gasteiger charge is 2.16. The number of anilines is 1. The SMILES string of the molecule is CCn1c(SCC(=O)Nc2nnc(-c3cccs3)s2)nnc1-c1cccs1. The number of nitrogens with one attached hydrogen (secondary N) is 1. The molecule has 0 fully saturated rings. The van der Waals surface area contributed by atoms with E-state index in [2.05, 4.69) is 25.7 Å². The Kier molecular flexibility index (Phi) is 5.62. The third-order valence-corrected chi connectivity index (χ3v) is 7.22. The number of hydrogen-bond donors (Lipinski definition) is 1. The van der Waals surface area contributed by atoms with Gasteiger partial charge < -0.3 is 4.57 Å². The summed E-state index contributed by atoms with van der Waals surface area (Å²) in [5.74, 6) is 0.925. The van der Waals surface area contributed by atoms with Crippen molar-refractivity contribution in [2.75, 3.05) is 11.1 Å². The van der Waals surface area contributed by atoms with Crippen molar-refractivity contribution in [3.63, 3.8) is 0 Å². The number of rotatable bonds is 7. The van der Waals surface area contributed by atoms with Crippen molar-refractivity contribution in [1.82, 2.24) is 25.0 Å². The van der Waals surface area contributed by atoms with Crippen LogP contribution < -0.4 is 5.32 Å². The fourth-order valence-corrected chi connectivity index (χ4v) is 5.40. The number of carbonyl (C=O) groups excluding carboxylic acids is 1. The molecule has 0 radical (unpaired) electrons. The summed E-state index contributed by atoms with van der Waals surface area (Å²) in [5.41, 5.74) is 0. The Morgan fingerprint density at radius 2 is 1.89 bits per heavy atom. The largest absolute Gasteiger partial charge is 0.302 e. The van der Waals surface area contributed by atoms with E-state index in [1.54, 1.807) is 22.7 Å². The Morgan fingerprint density at radius 1 is 1.11 bits per heavy atom. The van der Waals surface area contributed by atoms with Crippen molar-refractivity contribution < 1.29 is 4.79 Å². The lowest BCUT2D eigenvalue weighted by Crippen LogP contribution is -2.14. The van der Waals surface area contributed by atoms with Gasteiger partial charge in [-0.15, -0.1) is 43.1 Å². The molecule has 0 aliphatic rings. The van der Waals surface area contributed by atoms with E-state index in [0.717, 1.165) is 32.3 Å². The van der Waals surface area contributed by atoms with Gasteiger partial charge in [0.15, 0.2) is 16.0 Å². The lowest BCUT2D eigenvalue weighted by Gasteiger charge is -2.05. The van der Waals surface area contributed by atoms with Crippen LogP contribution in [0.5, 0.6) is 0 Å². The summed E-state index contributed by atoms with van der Waals surface area (Å²) in [6.07, 6.45) is 0. The predicted molar refractivity (Wildman–Crippen MR) is 112 cm³/mol. The minimum Gasteiger partial charge on any atom is -0.302 e. The zero-order valence-corrected chi connectivity index (χ0v) is 17.4. The van der Waals surface area contributed by atoms with Crippen LogP contribution in [0.1, 0.15) is 6.92 Å². The van der Waals surface area contributed by atoms with Crippen LogP contribution >= 0.6 is 45.8 Å². The molecule has 4 aromatic rings. The van der Waals surface area contributed by atoms with Gasteiger partial charge in [-0.2, -0.15) is 0 Å². The fraction of sp³-hybridized carbons (Fsp3) is 0.188. The smallest absolute Gasteiger partial charge is 0.236 e. The average molecular weight is 435 g/mol. The molecule has 4 heterocycles. The summed E-state index contributed by atoms with van der Waals surface area (Å²) in [5, 5.41) is 25.5. The van der Waals surface area contributed by atoms with E-state index in [4.69, 9.17) is 0 Å². The number of nitrogens with zero attached hydrogens (tertiary/aromatic N) is 5. The molecule has 0 atom stereocenters. The van der Waals surface area contributed by atoms with Crippen molar-refractivity contribution >= 4 is 56.8 Å². The summed E-state index contributed by atoms with van der Waals surface area (Å²) in [4.78, 5) is 14.4. The molecule has 0 aliphatic carbocycles. The van der Waals surface area contributed by atoms with Crippen LogP contribution in [0.4, 0.5) is 5.13 Å². The summed E-state index contributed by atoms with van der Waals surface area (Å²) >= 11 is 5.94. The summed E-state index contributed by atoms with van der Waals surface area (Å²) in [6, 6.07) is 7.95. The highest BCUT2D eigenvalue weighted by molar-refractivity contribution is 7.99. The van der Waals surface area contributed by atoms with Crippen molar-refractivity contribution in [3.05, 3.63) is 35.0 Å². The van der Waals surface area contributed by atoms with Crippen LogP contribution in [0.25, 0.3) is 20.6 Å². The van der Waals surface area contributed by atoms with Gasteiger partial charge in [0.25, 0.3) is 0 Å². The van der Waals surface area contributed by atoms with Gasteiger partial charge in [0.05, 0.1) is 15.5 Å². The van der Waals surface area contributed by atoms with Gasteiger partial charge in [-0.3, -0.25) is 10.1 Å². The van der Waals surface area contributed by atoms with Crippen LogP contribution in [-0.2, 0) is 11.3 Å². The zero-order valence-electron chi connectivity index (χ0n) is 14.2. The van der Waals surface area contributed by atoms with Gasteiger partial charge in [-0.05, 0) is 29.8 Å². The van der Waals surface area contributed by atoms with Crippen LogP contribution in [0.3, 0.4) is 0 Å². The van der Waals surface area contributed by atoms with E-state index in [1.165, 1.54) is 23.1 Å². The highest BCUT2D eigenvalue weighted by Crippen LogP contribution is 2.30. The van der Waals surface area contributed by atoms with Gasteiger partial charge >= 0.3 is 0 Å². The van der Waals surface area contributed by atoms with E-state index >= 15 is 0 Å². The molecule has 0 saturated carbocycles. The molecule has 0 saturated heterocycles. The van der Waals surface area contributed by atoms with Gasteiger partial charge in [-0.25, -0.2) is 0 Å². The Bertz CT molecular complexity index is 1020. The normalized spacial score (nSPS) is 11.0. The maximum Gasteiger partial charge on any atom is 0.236 e. The van der Waals surface area contributed by atoms with Crippen molar-refractivity contribution in [2.45, 2.75) is 18.6 Å². The number of carbonyl (C=O) groups is 1. The maximum atomic E-state index is 12.3. The van der Waals surface area contributed by atoms with Gasteiger partial charge in [0, 0.05) is 6.54 Å². The zero-order chi connectivity index (χ0) is 18.6. The lowest BCUT2D eigenvalue weighted by molar-refractivity contribution is -0.113. The molecule has 11 heteroatoms. The average Bonchev–Trinajstić information content (AvgIpc) is 3.46. The molecule has 0 spiro atoms. The van der Waals surface area contributed by atoms with Gasteiger partial charge in [-0.1, -0.05) is 35.2 Å². The first kappa shape index (κ1) is 18.3. The number of thioether (sulfide) groups is 1. The monoisotopic (exact) mass is 434 g/mol. The maximum absolute atomic E-state index is 12.3. The Hall–Kier alpha value is -2.08. The third-order valence-electron chi connectivity index (χ3n) is 3.51. The molecular formula is C16H14N6OS4. The Balaban J connectivity index is 1.38. The molecule has 4 rings (SSSR count). The molecule has 0 aliphatic heterocycles. The molecule has 4 aromatic heterocycles. The van der Waals surface area contributed by atoms with Crippen LogP contribution in [0.2, 0.25) is 0 Å². The molecule has 138 valence electrons. The molecular weight excluding hydrogens is 420 g/mol. The van der Waals surface area contributed by atoms with Crippen LogP contribution in [0, 0.1) is 0 Å². The van der Waals surface area contributed by atoms with E-state index in [9.17, 15) is 4.79 Å². The summed E-state index contributed by atoms with van der Waals surface area (Å²) < 4.78 is 2.02. The summed E-state index contributed by atoms with van der Waals surface area (Å²) in [6.45, 7) is 2.78. The Labute approximate surface area is 171 Å². The minimum absolute atomic E-state index is 0.141. The first-order chi connectivity index (χ1) is 13.2. The number of amides is 1. The van der Waals surface area contributed by atoms with Crippen LogP contribution in [0.15, 0.2) is 40.2 Å². The Morgan fingerprint density at radius 3 is 2.59 bits per heavy atom. The van der Waals surface area contributed by atoms with Crippen LogP contribution in [-0.4, -0.2) is 36.6 Å². The second kappa shape index (κ2) is 8.30. The molecule has 27 heavy (non-hydrogen) atoms. The summed E-state index contributed by atoms with van der Waals surface area (Å²) in [7, 11) is 0. The molecule has 1 N–H and O–H groups in total. The van der Waals surface area contributed by atoms with Crippen molar-refractivity contribution in [2.24, 2.45) is 0 Å². The van der Waals surface area contributed by atoms with Gasteiger partial charge in [0.2, 0.25) is 11.0 Å². The first-order valence-electron chi connectivity index (χ1n) is 8.01. The molecule has 0 bridgehead atoms. The van der Waals surface area contributed by atoms with Crippen molar-refractivity contribution in [3.8, 4) is 20.6 Å². The third kappa shape index (κ3) is 4.10. The fourth-order valence-electron chi connectivity index (χ4n) is 2.33. The van der Waals surface area contributed by atoms with E-state index in [0.29, 0.717) is 5.13 Å². The predicted octanol–water partition coefficient (Wildman–Crippen LogP) is 4.34. The quantitative estimate of drug-likeness (QED) is 0.436. The first-order valence-corrected chi connectivity index (χ1v) is 11.6. The highest BCUT2D eigenvalue weighted by atomic mass is 32.2. The van der Waals surface area contributed by atoms with Gasteiger partial charge in [0.1, 0.15) is 0 Å². The number of aromatic nitrogens is 5. The number of thiophene rings is 2. The topological polar surface area (TPSA) is 85.6 Å². The van der Waals surface area contributed by atoms with E-state index in [1.807, 2.05) is 46.5 Å². The number of hydrogen-bond acceptors (Lipinski definition) is 9. The molecule has 0 unspecified atom stereocenters. The lowest BCUT2D eigenvalue weighted by atomic mass is 10.4. The standard InChI is InChI=1S/C16H14N6OS4/c1-2-22-13(10-5-3-7-24-10)18-21-16(22)26-9-12(23)17-15-20-19-14(27-15)11-6-4-8-25-11/h3-8H,2,9H2,1H3,(H,17,20,23). The molecule has 7 nitrogen and oxygen atoms in total. The second-order valence-electron chi connectivity index (χ2n) is 5.25. The second-order valence-corrected chi connectivity index (χ2v) is 9.07.